The molecule has 1 aliphatic carbocycles. The van der Waals surface area contributed by atoms with Crippen LogP contribution in [0.25, 0.3) is 0 Å². The van der Waals surface area contributed by atoms with Crippen molar-refractivity contribution in [3.8, 4) is 0 Å². The highest BCUT2D eigenvalue weighted by Crippen LogP contribution is 2.37. The van der Waals surface area contributed by atoms with Crippen molar-refractivity contribution in [2.24, 2.45) is 5.92 Å². The zero-order chi connectivity index (χ0) is 15.0. The lowest BCUT2D eigenvalue weighted by atomic mass is 9.87. The van der Waals surface area contributed by atoms with Crippen molar-refractivity contribution in [2.45, 2.75) is 31.7 Å². The van der Waals surface area contributed by atoms with E-state index in [1.54, 1.807) is 0 Å². The summed E-state index contributed by atoms with van der Waals surface area (Å²) in [5, 5.41) is 0. The SMILES string of the molecule is O=C1CC(CS(=O)(=O)Cl)CN1[C@H]1CCCc2ccccc21. The standard InChI is InChI=1S/C15H18ClNO3S/c16-21(19,20)10-11-8-15(18)17(9-11)14-7-3-5-12-4-1-2-6-13(12)14/h1-2,4,6,11,14H,3,5,7-10H2/t11?,14-/m0/s1. The Hall–Kier alpha value is -1.07. The fraction of sp³-hybridized carbons (Fsp3) is 0.533. The fourth-order valence-corrected chi connectivity index (χ4v) is 4.88. The van der Waals surface area contributed by atoms with E-state index >= 15 is 0 Å². The first-order valence-electron chi connectivity index (χ1n) is 7.23. The lowest BCUT2D eigenvalue weighted by Crippen LogP contribution is -2.33. The minimum Gasteiger partial charge on any atom is -0.335 e. The van der Waals surface area contributed by atoms with Crippen LogP contribution < -0.4 is 0 Å². The van der Waals surface area contributed by atoms with E-state index in [1.165, 1.54) is 11.1 Å². The molecule has 1 heterocycles. The number of fused-ring (bicyclic) bond motifs is 1. The summed E-state index contributed by atoms with van der Waals surface area (Å²) in [6.07, 6.45) is 3.34. The molecule has 4 nitrogen and oxygen atoms in total. The lowest BCUT2D eigenvalue weighted by Gasteiger charge is -2.33. The van der Waals surface area contributed by atoms with E-state index < -0.39 is 9.05 Å². The van der Waals surface area contributed by atoms with Crippen LogP contribution in [-0.2, 0) is 20.3 Å². The van der Waals surface area contributed by atoms with Gasteiger partial charge in [-0.1, -0.05) is 24.3 Å². The second-order valence-electron chi connectivity index (χ2n) is 5.93. The number of carbonyl (C=O) groups excluding carboxylic acids is 1. The van der Waals surface area contributed by atoms with Gasteiger partial charge in [0.05, 0.1) is 11.8 Å². The lowest BCUT2D eigenvalue weighted by molar-refractivity contribution is -0.130. The van der Waals surface area contributed by atoms with Gasteiger partial charge in [0.15, 0.2) is 0 Å². The average Bonchev–Trinajstić information content (AvgIpc) is 2.76. The first-order chi connectivity index (χ1) is 9.94. The minimum atomic E-state index is -3.55. The van der Waals surface area contributed by atoms with Crippen LogP contribution in [0.3, 0.4) is 0 Å². The highest BCUT2D eigenvalue weighted by atomic mass is 35.7. The number of halogens is 1. The maximum absolute atomic E-state index is 12.3. The third-order valence-corrected chi connectivity index (χ3v) is 5.63. The van der Waals surface area contributed by atoms with E-state index in [1.807, 2.05) is 17.0 Å². The Bertz CT molecular complexity index is 659. The molecule has 1 amide bonds. The minimum absolute atomic E-state index is 0.0435. The monoisotopic (exact) mass is 327 g/mol. The van der Waals surface area contributed by atoms with Crippen LogP contribution in [0.1, 0.15) is 36.4 Å². The van der Waals surface area contributed by atoms with Crippen molar-refractivity contribution in [3.05, 3.63) is 35.4 Å². The van der Waals surface area contributed by atoms with Crippen LogP contribution in [0.2, 0.25) is 0 Å². The normalized spacial score (nSPS) is 26.0. The van der Waals surface area contributed by atoms with Crippen LogP contribution >= 0.6 is 10.7 Å². The van der Waals surface area contributed by atoms with Crippen LogP contribution in [0, 0.1) is 5.92 Å². The molecule has 0 radical (unpaired) electrons. The number of aryl methyl sites for hydroxylation is 1. The van der Waals surface area contributed by atoms with Gasteiger partial charge in [0, 0.05) is 29.6 Å². The summed E-state index contributed by atoms with van der Waals surface area (Å²) in [4.78, 5) is 14.1. The summed E-state index contributed by atoms with van der Waals surface area (Å²) in [7, 11) is 1.77. The molecule has 0 N–H and O–H groups in total. The van der Waals surface area contributed by atoms with E-state index in [9.17, 15) is 13.2 Å². The van der Waals surface area contributed by atoms with Crippen molar-refractivity contribution < 1.29 is 13.2 Å². The van der Waals surface area contributed by atoms with Crippen molar-refractivity contribution in [1.82, 2.24) is 4.90 Å². The molecular weight excluding hydrogens is 310 g/mol. The van der Waals surface area contributed by atoms with E-state index in [2.05, 4.69) is 12.1 Å². The van der Waals surface area contributed by atoms with Gasteiger partial charge in [0.1, 0.15) is 0 Å². The Morgan fingerprint density at radius 1 is 1.29 bits per heavy atom. The maximum Gasteiger partial charge on any atom is 0.232 e. The molecular formula is C15H18ClNO3S. The third-order valence-electron chi connectivity index (χ3n) is 4.39. The first kappa shape index (κ1) is 14.9. The summed E-state index contributed by atoms with van der Waals surface area (Å²) >= 11 is 0. The predicted octanol–water partition coefficient (Wildman–Crippen LogP) is 2.48. The maximum atomic E-state index is 12.3. The molecule has 0 bridgehead atoms. The largest absolute Gasteiger partial charge is 0.335 e. The zero-order valence-corrected chi connectivity index (χ0v) is 13.2. The molecule has 1 unspecified atom stereocenters. The topological polar surface area (TPSA) is 54.5 Å². The van der Waals surface area contributed by atoms with E-state index in [4.69, 9.17) is 10.7 Å². The molecule has 1 aromatic carbocycles. The van der Waals surface area contributed by atoms with Gasteiger partial charge in [-0.3, -0.25) is 4.79 Å². The van der Waals surface area contributed by atoms with E-state index in [0.717, 1.165) is 19.3 Å². The highest BCUT2D eigenvalue weighted by molar-refractivity contribution is 8.13. The van der Waals surface area contributed by atoms with Gasteiger partial charge in [0.25, 0.3) is 0 Å². The average molecular weight is 328 g/mol. The van der Waals surface area contributed by atoms with Crippen LogP contribution in [0.15, 0.2) is 24.3 Å². The molecule has 1 aliphatic heterocycles. The quantitative estimate of drug-likeness (QED) is 0.801. The number of nitrogens with zero attached hydrogens (tertiary/aromatic N) is 1. The smallest absolute Gasteiger partial charge is 0.232 e. The molecule has 2 atom stereocenters. The van der Waals surface area contributed by atoms with Crippen molar-refractivity contribution >= 4 is 25.6 Å². The van der Waals surface area contributed by atoms with Gasteiger partial charge >= 0.3 is 0 Å². The molecule has 0 saturated carbocycles. The molecule has 0 aromatic heterocycles. The second kappa shape index (κ2) is 5.61. The van der Waals surface area contributed by atoms with E-state index in [0.29, 0.717) is 6.54 Å². The van der Waals surface area contributed by atoms with Crippen molar-refractivity contribution in [3.63, 3.8) is 0 Å². The van der Waals surface area contributed by atoms with E-state index in [-0.39, 0.29) is 30.0 Å². The fourth-order valence-electron chi connectivity index (χ4n) is 3.56. The van der Waals surface area contributed by atoms with Crippen molar-refractivity contribution in [1.29, 1.82) is 0 Å². The second-order valence-corrected chi connectivity index (χ2v) is 8.75. The Labute approximate surface area is 129 Å². The molecule has 2 aliphatic rings. The summed E-state index contributed by atoms with van der Waals surface area (Å²) in [5.41, 5.74) is 2.52. The van der Waals surface area contributed by atoms with Crippen molar-refractivity contribution in [2.75, 3.05) is 12.3 Å². The molecule has 21 heavy (non-hydrogen) atoms. The number of carbonyl (C=O) groups is 1. The Kier molecular flexibility index (Phi) is 3.97. The van der Waals surface area contributed by atoms with Crippen LogP contribution in [0.5, 0.6) is 0 Å². The van der Waals surface area contributed by atoms with Gasteiger partial charge in [-0.2, -0.15) is 0 Å². The Balaban J connectivity index is 1.81. The Morgan fingerprint density at radius 2 is 2.05 bits per heavy atom. The molecule has 6 heteroatoms. The molecule has 114 valence electrons. The van der Waals surface area contributed by atoms with Crippen LogP contribution in [-0.4, -0.2) is 31.5 Å². The number of rotatable bonds is 3. The third kappa shape index (κ3) is 3.24. The summed E-state index contributed by atoms with van der Waals surface area (Å²) in [6, 6.07) is 8.31. The number of hydrogen-bond acceptors (Lipinski definition) is 3. The number of benzene rings is 1. The highest BCUT2D eigenvalue weighted by Gasteiger charge is 2.37. The Morgan fingerprint density at radius 3 is 2.81 bits per heavy atom. The summed E-state index contributed by atoms with van der Waals surface area (Å²) in [6.45, 7) is 0.490. The molecule has 1 aromatic rings. The molecule has 0 spiro atoms. The van der Waals surface area contributed by atoms with Gasteiger partial charge < -0.3 is 4.90 Å². The van der Waals surface area contributed by atoms with Crippen LogP contribution in [0.4, 0.5) is 0 Å². The number of amides is 1. The van der Waals surface area contributed by atoms with Gasteiger partial charge in [-0.25, -0.2) is 8.42 Å². The molecule has 3 rings (SSSR count). The van der Waals surface area contributed by atoms with Gasteiger partial charge in [-0.15, -0.1) is 0 Å². The molecule has 1 fully saturated rings. The summed E-state index contributed by atoms with van der Waals surface area (Å²) < 4.78 is 22.4. The first-order valence-corrected chi connectivity index (χ1v) is 9.71. The predicted molar refractivity (Wildman–Crippen MR) is 81.6 cm³/mol. The number of hydrogen-bond donors (Lipinski definition) is 0. The van der Waals surface area contributed by atoms with Gasteiger partial charge in [-0.05, 0) is 30.4 Å². The molecule has 1 saturated heterocycles. The van der Waals surface area contributed by atoms with Gasteiger partial charge in [0.2, 0.25) is 15.0 Å². The summed E-state index contributed by atoms with van der Waals surface area (Å²) in [5.74, 6) is -0.262. The number of likely N-dealkylation sites (tertiary alicyclic amines) is 1. The zero-order valence-electron chi connectivity index (χ0n) is 11.7.